The lowest BCUT2D eigenvalue weighted by molar-refractivity contribution is 0.834. The van der Waals surface area contributed by atoms with Crippen LogP contribution in [-0.4, -0.2) is 11.9 Å². The van der Waals surface area contributed by atoms with Gasteiger partial charge in [0.25, 0.3) is 0 Å². The van der Waals surface area contributed by atoms with Gasteiger partial charge in [0.1, 0.15) is 0 Å². The summed E-state index contributed by atoms with van der Waals surface area (Å²) in [4.78, 5) is 10.0. The zero-order valence-corrected chi connectivity index (χ0v) is 20.5. The summed E-state index contributed by atoms with van der Waals surface area (Å²) in [6.45, 7) is 20.0. The molecule has 2 aromatic carbocycles. The Balaban J connectivity index is 2.37. The molecule has 0 aliphatic heterocycles. The second-order valence-corrected chi connectivity index (χ2v) is 9.55. The Hall–Kier alpha value is -2.22. The largest absolute Gasteiger partial charge is 0.260 e. The minimum atomic E-state index is 0.454. The monoisotopic (exact) mass is 404 g/mol. The first-order valence-corrected chi connectivity index (χ1v) is 11.5. The molecule has 2 aromatic rings. The van der Waals surface area contributed by atoms with Crippen LogP contribution >= 0.6 is 0 Å². The van der Waals surface area contributed by atoms with Crippen molar-refractivity contribution in [2.75, 3.05) is 0 Å². The number of nitrogens with zero attached hydrogens (tertiary/aromatic N) is 2. The highest BCUT2D eigenvalue weighted by Crippen LogP contribution is 2.36. The van der Waals surface area contributed by atoms with E-state index in [-0.39, 0.29) is 0 Å². The summed E-state index contributed by atoms with van der Waals surface area (Å²) >= 11 is 0. The van der Waals surface area contributed by atoms with Crippen molar-refractivity contribution < 1.29 is 0 Å². The van der Waals surface area contributed by atoms with Gasteiger partial charge in [-0.25, -0.2) is 0 Å². The lowest BCUT2D eigenvalue weighted by atomic mass is 9.93. The Bertz CT molecular complexity index is 846. The zero-order valence-electron chi connectivity index (χ0n) is 20.5. The molecule has 0 spiro atoms. The topological polar surface area (TPSA) is 24.7 Å². The van der Waals surface area contributed by atoms with Crippen molar-refractivity contribution in [3.05, 3.63) is 58.7 Å². The number of aliphatic imine (C=N–C) groups is 2. The van der Waals surface area contributed by atoms with Gasteiger partial charge in [-0.15, -0.1) is 0 Å². The summed E-state index contributed by atoms with van der Waals surface area (Å²) in [5.41, 5.74) is 8.68. The second kappa shape index (κ2) is 10.7. The molecule has 2 heteroatoms. The maximum Gasteiger partial charge on any atom is 0.0698 e. The van der Waals surface area contributed by atoms with Crippen LogP contribution in [0.2, 0.25) is 0 Å². The van der Waals surface area contributed by atoms with Crippen molar-refractivity contribution >= 4 is 23.3 Å². The lowest BCUT2D eigenvalue weighted by Gasteiger charge is -2.17. The van der Waals surface area contributed by atoms with Crippen LogP contribution in [0.4, 0.5) is 11.4 Å². The van der Waals surface area contributed by atoms with Crippen molar-refractivity contribution in [1.82, 2.24) is 0 Å². The molecule has 0 heterocycles. The fourth-order valence-corrected chi connectivity index (χ4v) is 3.81. The molecule has 0 bridgehead atoms. The van der Waals surface area contributed by atoms with Crippen molar-refractivity contribution in [3.63, 3.8) is 0 Å². The molecule has 162 valence electrons. The Morgan fingerprint density at radius 1 is 0.667 bits per heavy atom. The fourth-order valence-electron chi connectivity index (χ4n) is 3.81. The Labute approximate surface area is 184 Å². The van der Waals surface area contributed by atoms with Gasteiger partial charge in [0.2, 0.25) is 0 Å². The molecule has 0 saturated carbocycles. The van der Waals surface area contributed by atoms with Crippen LogP contribution in [-0.2, 0) is 0 Å². The summed E-state index contributed by atoms with van der Waals surface area (Å²) in [5, 5.41) is 0. The molecule has 0 fully saturated rings. The molecule has 0 unspecified atom stereocenters. The summed E-state index contributed by atoms with van der Waals surface area (Å²) in [6, 6.07) is 13.2. The van der Waals surface area contributed by atoms with Gasteiger partial charge in [-0.1, -0.05) is 91.8 Å². The maximum absolute atomic E-state index is 5.07. The van der Waals surface area contributed by atoms with Gasteiger partial charge in [0.05, 0.1) is 11.4 Å². The van der Waals surface area contributed by atoms with Crippen LogP contribution in [0.5, 0.6) is 0 Å². The molecule has 2 rings (SSSR count). The SMILES string of the molecule is CC(CC=Nc1c(C(C)C)cccc1C(C)C)=Nc1c(C(C)C)cccc1C(C)C. The van der Waals surface area contributed by atoms with E-state index < -0.39 is 0 Å². The van der Waals surface area contributed by atoms with Crippen molar-refractivity contribution in [2.24, 2.45) is 9.98 Å². The van der Waals surface area contributed by atoms with E-state index >= 15 is 0 Å². The number of hydrogen-bond donors (Lipinski definition) is 0. The van der Waals surface area contributed by atoms with Crippen LogP contribution in [0.15, 0.2) is 46.4 Å². The Morgan fingerprint density at radius 3 is 1.40 bits per heavy atom. The standard InChI is InChI=1S/C28H40N2/c1-18(2)23-12-10-13-24(19(3)4)27(23)29-17-16-22(9)30-28-25(20(5)6)14-11-15-26(28)21(7)8/h10-15,17-21H,16H2,1-9H3. The van der Waals surface area contributed by atoms with E-state index in [2.05, 4.69) is 98.7 Å². The number of benzene rings is 2. The molecule has 0 N–H and O–H groups in total. The van der Waals surface area contributed by atoms with Crippen molar-refractivity contribution in [1.29, 1.82) is 0 Å². The number of rotatable bonds is 8. The normalized spacial score (nSPS) is 12.9. The zero-order chi connectivity index (χ0) is 22.4. The van der Waals surface area contributed by atoms with E-state index in [4.69, 9.17) is 9.98 Å². The fraction of sp³-hybridized carbons (Fsp3) is 0.500. The van der Waals surface area contributed by atoms with Gasteiger partial charge in [0, 0.05) is 18.3 Å². The highest BCUT2D eigenvalue weighted by molar-refractivity contribution is 5.96. The van der Waals surface area contributed by atoms with E-state index in [0.717, 1.165) is 23.5 Å². The molecule has 0 aliphatic carbocycles. The van der Waals surface area contributed by atoms with Crippen molar-refractivity contribution in [2.45, 2.75) is 92.4 Å². The third kappa shape index (κ3) is 5.90. The molecular weight excluding hydrogens is 364 g/mol. The van der Waals surface area contributed by atoms with Gasteiger partial charge in [-0.2, -0.15) is 0 Å². The first-order chi connectivity index (χ1) is 14.1. The van der Waals surface area contributed by atoms with Crippen LogP contribution in [0.1, 0.15) is 115 Å². The predicted octanol–water partition coefficient (Wildman–Crippen LogP) is 9.07. The summed E-state index contributed by atoms with van der Waals surface area (Å²) < 4.78 is 0. The van der Waals surface area contributed by atoms with Gasteiger partial charge in [-0.3, -0.25) is 9.98 Å². The van der Waals surface area contributed by atoms with Crippen LogP contribution in [0, 0.1) is 0 Å². The predicted molar refractivity (Wildman–Crippen MR) is 135 cm³/mol. The van der Waals surface area contributed by atoms with Gasteiger partial charge in [0.15, 0.2) is 0 Å². The molecule has 30 heavy (non-hydrogen) atoms. The number of hydrogen-bond acceptors (Lipinski definition) is 2. The van der Waals surface area contributed by atoms with E-state index in [1.54, 1.807) is 0 Å². The quantitative estimate of drug-likeness (QED) is 0.392. The molecule has 0 saturated heterocycles. The minimum Gasteiger partial charge on any atom is -0.260 e. The molecule has 0 radical (unpaired) electrons. The summed E-state index contributed by atoms with van der Waals surface area (Å²) in [5.74, 6) is 1.82. The van der Waals surface area contributed by atoms with E-state index in [1.807, 2.05) is 6.21 Å². The first kappa shape index (κ1) is 24.1. The highest BCUT2D eigenvalue weighted by Gasteiger charge is 2.14. The minimum absolute atomic E-state index is 0.454. The molecule has 0 aliphatic rings. The molecule has 0 amide bonds. The second-order valence-electron chi connectivity index (χ2n) is 9.55. The molecular formula is C28H40N2. The summed E-state index contributed by atoms with van der Waals surface area (Å²) in [7, 11) is 0. The summed E-state index contributed by atoms with van der Waals surface area (Å²) in [6.07, 6.45) is 2.80. The van der Waals surface area contributed by atoms with E-state index in [9.17, 15) is 0 Å². The average molecular weight is 405 g/mol. The van der Waals surface area contributed by atoms with Crippen molar-refractivity contribution in [3.8, 4) is 0 Å². The third-order valence-corrected chi connectivity index (χ3v) is 5.59. The molecule has 0 atom stereocenters. The Morgan fingerprint density at radius 2 is 1.03 bits per heavy atom. The van der Waals surface area contributed by atoms with E-state index in [0.29, 0.717) is 23.7 Å². The Kier molecular flexibility index (Phi) is 8.58. The van der Waals surface area contributed by atoms with Crippen LogP contribution in [0.3, 0.4) is 0 Å². The van der Waals surface area contributed by atoms with Crippen LogP contribution < -0.4 is 0 Å². The first-order valence-electron chi connectivity index (χ1n) is 11.5. The number of para-hydroxylation sites is 2. The van der Waals surface area contributed by atoms with Gasteiger partial charge >= 0.3 is 0 Å². The average Bonchev–Trinajstić information content (AvgIpc) is 2.67. The third-order valence-electron chi connectivity index (χ3n) is 5.59. The van der Waals surface area contributed by atoms with Gasteiger partial charge in [-0.05, 0) is 52.8 Å². The highest BCUT2D eigenvalue weighted by atomic mass is 14.8. The lowest BCUT2D eigenvalue weighted by Crippen LogP contribution is -1.99. The van der Waals surface area contributed by atoms with Crippen LogP contribution in [0.25, 0.3) is 0 Å². The maximum atomic E-state index is 5.07. The molecule has 2 nitrogen and oxygen atoms in total. The smallest absolute Gasteiger partial charge is 0.0698 e. The van der Waals surface area contributed by atoms with Gasteiger partial charge < -0.3 is 0 Å². The molecule has 0 aromatic heterocycles. The van der Waals surface area contributed by atoms with E-state index in [1.165, 1.54) is 22.3 Å².